The summed E-state index contributed by atoms with van der Waals surface area (Å²) >= 11 is 0. The van der Waals surface area contributed by atoms with Crippen molar-refractivity contribution in [2.75, 3.05) is 0 Å². The van der Waals surface area contributed by atoms with Crippen LogP contribution in [0, 0.1) is 5.92 Å². The second-order valence-electron chi connectivity index (χ2n) is 7.94. The fourth-order valence-electron chi connectivity index (χ4n) is 4.33. The van der Waals surface area contributed by atoms with Gasteiger partial charge in [0.2, 0.25) is 8.32 Å². The minimum absolute atomic E-state index is 0.150. The number of hydrogen-bond acceptors (Lipinski definition) is 2. The minimum Gasteiger partial charge on any atom is -0.412 e. The van der Waals surface area contributed by atoms with Crippen molar-refractivity contribution in [3.63, 3.8) is 0 Å². The fraction of sp³-hybridized carbons (Fsp3) is 0.944. The smallest absolute Gasteiger partial charge is 0.200 e. The Balaban J connectivity index is 3.01. The zero-order chi connectivity index (χ0) is 16.2. The largest absolute Gasteiger partial charge is 0.412 e. The van der Waals surface area contributed by atoms with Gasteiger partial charge in [0.15, 0.2) is 0 Å². The van der Waals surface area contributed by atoms with Gasteiger partial charge in [-0.2, -0.15) is 0 Å². The molecule has 3 heteroatoms. The van der Waals surface area contributed by atoms with Gasteiger partial charge < -0.3 is 4.43 Å². The Bertz CT molecular complexity index is 314. The van der Waals surface area contributed by atoms with Crippen molar-refractivity contribution in [3.05, 3.63) is 0 Å². The summed E-state index contributed by atoms with van der Waals surface area (Å²) in [6.07, 6.45) is 4.99. The van der Waals surface area contributed by atoms with Crippen molar-refractivity contribution in [1.29, 1.82) is 0 Å². The van der Waals surface area contributed by atoms with Crippen LogP contribution in [0.2, 0.25) is 16.6 Å². The van der Waals surface area contributed by atoms with E-state index in [1.807, 2.05) is 0 Å². The Kier molecular flexibility index (Phi) is 7.12. The van der Waals surface area contributed by atoms with E-state index in [0.29, 0.717) is 34.7 Å². The van der Waals surface area contributed by atoms with Crippen molar-refractivity contribution in [1.82, 2.24) is 0 Å². The van der Waals surface area contributed by atoms with Crippen molar-refractivity contribution >= 4 is 14.1 Å². The van der Waals surface area contributed by atoms with Crippen LogP contribution in [-0.2, 0) is 9.22 Å². The van der Waals surface area contributed by atoms with Crippen molar-refractivity contribution in [2.24, 2.45) is 5.92 Å². The van der Waals surface area contributed by atoms with E-state index >= 15 is 0 Å². The zero-order valence-corrected chi connectivity index (χ0v) is 16.2. The molecule has 1 saturated carbocycles. The molecule has 1 rings (SSSR count). The summed E-state index contributed by atoms with van der Waals surface area (Å²) in [5.41, 5.74) is 1.76. The van der Waals surface area contributed by atoms with Crippen LogP contribution in [0.5, 0.6) is 0 Å². The molecule has 0 aromatic carbocycles. The molecule has 2 atom stereocenters. The topological polar surface area (TPSA) is 26.3 Å². The molecule has 0 spiro atoms. The molecular weight excluding hydrogens is 276 g/mol. The Morgan fingerprint density at radius 3 is 2.00 bits per heavy atom. The summed E-state index contributed by atoms with van der Waals surface area (Å²) in [6, 6.07) is 0. The first kappa shape index (κ1) is 18.9. The third-order valence-electron chi connectivity index (χ3n) is 5.49. The molecule has 0 aromatic rings. The third kappa shape index (κ3) is 4.41. The molecule has 1 aliphatic rings. The average Bonchev–Trinajstić information content (AvgIpc) is 2.36. The Labute approximate surface area is 133 Å². The van der Waals surface area contributed by atoms with E-state index in [9.17, 15) is 4.79 Å². The molecule has 0 aliphatic heterocycles. The van der Waals surface area contributed by atoms with Crippen LogP contribution >= 0.6 is 0 Å². The number of ketones is 1. The second kappa shape index (κ2) is 7.91. The first-order valence-corrected chi connectivity index (χ1v) is 11.0. The standard InChI is InChI=1S/C18H36O2Si/c1-13(2)21(14(3)4,15(5)6)20-18-12-17(19)11-9-8-10-16(18)7/h13-16,18H,8-12H2,1-7H3/t16-,18+/m1/s1. The number of carbonyl (C=O) groups is 1. The number of rotatable bonds is 5. The molecule has 2 nitrogen and oxygen atoms in total. The lowest BCUT2D eigenvalue weighted by Crippen LogP contribution is -2.51. The normalized spacial score (nSPS) is 25.5. The van der Waals surface area contributed by atoms with E-state index in [4.69, 9.17) is 4.43 Å². The monoisotopic (exact) mass is 312 g/mol. The van der Waals surface area contributed by atoms with Crippen LogP contribution in [0.4, 0.5) is 0 Å². The molecule has 0 amide bonds. The molecule has 0 radical (unpaired) electrons. The quantitative estimate of drug-likeness (QED) is 0.607. The summed E-state index contributed by atoms with van der Waals surface area (Å²) in [5, 5.41) is 0. The van der Waals surface area contributed by atoms with E-state index in [0.717, 1.165) is 12.8 Å². The van der Waals surface area contributed by atoms with E-state index in [-0.39, 0.29) is 6.10 Å². The van der Waals surface area contributed by atoms with Gasteiger partial charge in [0, 0.05) is 12.8 Å². The fourth-order valence-corrected chi connectivity index (χ4v) is 9.99. The van der Waals surface area contributed by atoms with E-state index < -0.39 is 8.32 Å². The Hall–Kier alpha value is -0.153. The predicted molar refractivity (Wildman–Crippen MR) is 93.2 cm³/mol. The number of hydrogen-bond donors (Lipinski definition) is 0. The van der Waals surface area contributed by atoms with Crippen molar-refractivity contribution < 1.29 is 9.22 Å². The third-order valence-corrected chi connectivity index (χ3v) is 11.6. The van der Waals surface area contributed by atoms with E-state index in [2.05, 4.69) is 48.5 Å². The highest BCUT2D eigenvalue weighted by Gasteiger charge is 2.47. The molecule has 0 bridgehead atoms. The summed E-state index contributed by atoms with van der Waals surface area (Å²) in [5.74, 6) is 0.920. The summed E-state index contributed by atoms with van der Waals surface area (Å²) < 4.78 is 6.90. The second-order valence-corrected chi connectivity index (χ2v) is 13.3. The van der Waals surface area contributed by atoms with Crippen LogP contribution in [0.15, 0.2) is 0 Å². The van der Waals surface area contributed by atoms with Crippen molar-refractivity contribution in [2.45, 2.75) is 103 Å². The molecule has 0 N–H and O–H groups in total. The van der Waals surface area contributed by atoms with Gasteiger partial charge in [-0.25, -0.2) is 0 Å². The van der Waals surface area contributed by atoms with Gasteiger partial charge in [-0.3, -0.25) is 4.79 Å². The van der Waals surface area contributed by atoms with Gasteiger partial charge in [0.05, 0.1) is 6.10 Å². The zero-order valence-electron chi connectivity index (χ0n) is 15.2. The summed E-state index contributed by atoms with van der Waals surface area (Å²) in [6.45, 7) is 16.2. The first-order valence-electron chi connectivity index (χ1n) is 8.91. The molecule has 1 fully saturated rings. The van der Waals surface area contributed by atoms with Gasteiger partial charge >= 0.3 is 0 Å². The summed E-state index contributed by atoms with van der Waals surface area (Å²) in [7, 11) is -1.88. The number of Topliss-reactive ketones (excluding diaryl/α,β-unsaturated/α-hetero) is 1. The summed E-state index contributed by atoms with van der Waals surface area (Å²) in [4.78, 5) is 12.1. The average molecular weight is 313 g/mol. The van der Waals surface area contributed by atoms with Crippen molar-refractivity contribution in [3.8, 4) is 0 Å². The lowest BCUT2D eigenvalue weighted by Gasteiger charge is -2.46. The highest BCUT2D eigenvalue weighted by molar-refractivity contribution is 6.77. The minimum atomic E-state index is -1.88. The SMILES string of the molecule is CC(C)[Si](O[C@H]1CC(=O)CCCC[C@H]1C)(C(C)C)C(C)C. The molecule has 0 aromatic heterocycles. The van der Waals surface area contributed by atoms with Crippen LogP contribution in [0.3, 0.4) is 0 Å². The van der Waals surface area contributed by atoms with Gasteiger partial charge in [-0.1, -0.05) is 54.9 Å². The lowest BCUT2D eigenvalue weighted by atomic mass is 9.90. The van der Waals surface area contributed by atoms with Crippen LogP contribution < -0.4 is 0 Å². The van der Waals surface area contributed by atoms with E-state index in [1.165, 1.54) is 12.8 Å². The van der Waals surface area contributed by atoms with Crippen LogP contribution in [0.1, 0.15) is 80.6 Å². The van der Waals surface area contributed by atoms with Crippen LogP contribution in [0.25, 0.3) is 0 Å². The molecular formula is C18H36O2Si. The van der Waals surface area contributed by atoms with Crippen LogP contribution in [-0.4, -0.2) is 20.2 Å². The van der Waals surface area contributed by atoms with Gasteiger partial charge in [-0.15, -0.1) is 0 Å². The van der Waals surface area contributed by atoms with Gasteiger partial charge in [0.1, 0.15) is 5.78 Å². The maximum Gasteiger partial charge on any atom is 0.200 e. The highest BCUT2D eigenvalue weighted by atomic mass is 28.4. The molecule has 124 valence electrons. The Morgan fingerprint density at radius 1 is 1.00 bits per heavy atom. The lowest BCUT2D eigenvalue weighted by molar-refractivity contribution is -0.122. The maximum absolute atomic E-state index is 12.1. The maximum atomic E-state index is 12.1. The molecule has 0 saturated heterocycles. The van der Waals surface area contributed by atoms with Gasteiger partial charge in [-0.05, 0) is 35.4 Å². The number of carbonyl (C=O) groups excluding carboxylic acids is 1. The molecule has 0 heterocycles. The van der Waals surface area contributed by atoms with E-state index in [1.54, 1.807) is 0 Å². The molecule has 1 aliphatic carbocycles. The molecule has 21 heavy (non-hydrogen) atoms. The predicted octanol–water partition coefficient (Wildman–Crippen LogP) is 5.72. The first-order chi connectivity index (χ1) is 9.71. The molecule has 0 unspecified atom stereocenters. The van der Waals surface area contributed by atoms with Gasteiger partial charge in [0.25, 0.3) is 0 Å². The Morgan fingerprint density at radius 2 is 1.52 bits per heavy atom. The highest BCUT2D eigenvalue weighted by Crippen LogP contribution is 2.44.